The molecule has 40 heavy (non-hydrogen) atoms. The van der Waals surface area contributed by atoms with Gasteiger partial charge in [-0.2, -0.15) is 13.2 Å². The molecule has 8 nitrogen and oxygen atoms in total. The van der Waals surface area contributed by atoms with Crippen LogP contribution in [0.3, 0.4) is 0 Å². The summed E-state index contributed by atoms with van der Waals surface area (Å²) in [5.74, 6) is 0.435. The Balaban J connectivity index is 0.000000663. The number of aromatic nitrogens is 1. The summed E-state index contributed by atoms with van der Waals surface area (Å²) in [6.45, 7) is 3.30. The zero-order valence-corrected chi connectivity index (χ0v) is 23.0. The first-order valence-corrected chi connectivity index (χ1v) is 12.5. The van der Waals surface area contributed by atoms with Crippen molar-refractivity contribution < 1.29 is 41.7 Å². The monoisotopic (exact) mass is 580 g/mol. The van der Waals surface area contributed by atoms with Crippen molar-refractivity contribution in [1.82, 2.24) is 4.98 Å². The molecule has 0 spiro atoms. The Morgan fingerprint density at radius 3 is 2.48 bits per heavy atom. The fraction of sp³-hybridized carbons (Fsp3) is 0.321. The molecule has 0 aliphatic carbocycles. The van der Waals surface area contributed by atoms with Crippen molar-refractivity contribution in [3.8, 4) is 11.5 Å². The normalized spacial score (nSPS) is 14.8. The second kappa shape index (κ2) is 13.5. The Bertz CT molecular complexity index is 1350. The largest absolute Gasteiger partial charge is 0.497 e. The van der Waals surface area contributed by atoms with Crippen LogP contribution >= 0.6 is 11.6 Å². The van der Waals surface area contributed by atoms with Crippen molar-refractivity contribution in [2.24, 2.45) is 0 Å². The highest BCUT2D eigenvalue weighted by Gasteiger charge is 2.40. The molecule has 214 valence electrons. The number of nitrogens with zero attached hydrogens (tertiary/aromatic N) is 2. The van der Waals surface area contributed by atoms with Crippen LogP contribution in [0.1, 0.15) is 42.3 Å². The van der Waals surface area contributed by atoms with Crippen LogP contribution in [0, 0.1) is 0 Å². The molecule has 1 aliphatic rings. The van der Waals surface area contributed by atoms with E-state index >= 15 is 0 Å². The van der Waals surface area contributed by atoms with E-state index in [0.29, 0.717) is 39.9 Å². The number of carbonyl (C=O) groups is 2. The molecule has 0 fully saturated rings. The third-order valence-electron chi connectivity index (χ3n) is 5.80. The molecule has 0 bridgehead atoms. The predicted molar refractivity (Wildman–Crippen MR) is 142 cm³/mol. The Morgan fingerprint density at radius 1 is 1.12 bits per heavy atom. The highest BCUT2D eigenvalue weighted by molar-refractivity contribution is 6.30. The molecular weight excluding hydrogens is 553 g/mol. The highest BCUT2D eigenvalue weighted by Crippen LogP contribution is 2.42. The topological polar surface area (TPSA) is 87.2 Å². The second-order valence-corrected chi connectivity index (χ2v) is 8.85. The Morgan fingerprint density at radius 2 is 1.88 bits per heavy atom. The van der Waals surface area contributed by atoms with Crippen LogP contribution in [-0.4, -0.2) is 44.3 Å². The Hall–Kier alpha value is -3.83. The van der Waals surface area contributed by atoms with Gasteiger partial charge in [-0.3, -0.25) is 14.6 Å². The summed E-state index contributed by atoms with van der Waals surface area (Å²) in [5, 5.41) is 0.293. The Labute approximate surface area is 234 Å². The summed E-state index contributed by atoms with van der Waals surface area (Å²) in [7, 11) is 3.02. The van der Waals surface area contributed by atoms with Crippen LogP contribution in [0.4, 0.5) is 18.9 Å². The van der Waals surface area contributed by atoms with E-state index in [4.69, 9.17) is 25.8 Å². The van der Waals surface area contributed by atoms with E-state index in [2.05, 4.69) is 9.72 Å². The first-order chi connectivity index (χ1) is 19.0. The lowest BCUT2D eigenvalue weighted by Crippen LogP contribution is -2.32. The van der Waals surface area contributed by atoms with Gasteiger partial charge in [0.15, 0.2) is 5.69 Å². The summed E-state index contributed by atoms with van der Waals surface area (Å²) >= 11 is 6.21. The summed E-state index contributed by atoms with van der Waals surface area (Å²) < 4.78 is 61.9. The molecule has 3 aromatic rings. The number of pyridine rings is 1. The van der Waals surface area contributed by atoms with E-state index < -0.39 is 30.5 Å². The number of amides is 1. The van der Waals surface area contributed by atoms with Crippen LogP contribution in [0.25, 0.3) is 0 Å². The van der Waals surface area contributed by atoms with Crippen LogP contribution in [0.2, 0.25) is 5.02 Å². The lowest BCUT2D eigenvalue weighted by atomic mass is 9.97. The van der Waals surface area contributed by atoms with Crippen molar-refractivity contribution >= 4 is 29.2 Å². The zero-order chi connectivity index (χ0) is 29.4. The van der Waals surface area contributed by atoms with E-state index in [1.807, 2.05) is 0 Å². The minimum absolute atomic E-state index is 0.0931. The Kier molecular flexibility index (Phi) is 10.4. The number of rotatable bonds is 6. The summed E-state index contributed by atoms with van der Waals surface area (Å²) in [4.78, 5) is 27.9. The van der Waals surface area contributed by atoms with Crippen molar-refractivity contribution in [1.29, 1.82) is 0 Å². The maximum Gasteiger partial charge on any atom is 0.433 e. The number of benzene rings is 2. The van der Waals surface area contributed by atoms with Gasteiger partial charge in [-0.25, -0.2) is 0 Å². The van der Waals surface area contributed by atoms with Crippen molar-refractivity contribution in [2.75, 3.05) is 32.3 Å². The number of ether oxygens (including phenoxy) is 4. The molecule has 0 radical (unpaired) electrons. The lowest BCUT2D eigenvalue weighted by Gasteiger charge is -2.25. The average molecular weight is 581 g/mol. The first kappa shape index (κ1) is 30.7. The maximum absolute atomic E-state index is 13.7. The maximum atomic E-state index is 13.7. The van der Waals surface area contributed by atoms with Gasteiger partial charge in [-0.1, -0.05) is 17.7 Å². The van der Waals surface area contributed by atoms with Crippen molar-refractivity contribution in [3.63, 3.8) is 0 Å². The number of anilines is 1. The molecule has 1 amide bonds. The third kappa shape index (κ3) is 7.42. The van der Waals surface area contributed by atoms with Gasteiger partial charge in [0.25, 0.3) is 5.91 Å². The van der Waals surface area contributed by atoms with E-state index in [-0.39, 0.29) is 18.1 Å². The van der Waals surface area contributed by atoms with Gasteiger partial charge in [0.05, 0.1) is 33.1 Å². The van der Waals surface area contributed by atoms with Gasteiger partial charge >= 0.3 is 12.1 Å². The van der Waals surface area contributed by atoms with Crippen molar-refractivity contribution in [2.45, 2.75) is 32.7 Å². The third-order valence-corrected chi connectivity index (χ3v) is 6.03. The predicted octanol–water partition coefficient (Wildman–Crippen LogP) is 5.99. The number of hydrogen-bond acceptors (Lipinski definition) is 7. The van der Waals surface area contributed by atoms with Gasteiger partial charge in [0, 0.05) is 40.9 Å². The fourth-order valence-electron chi connectivity index (χ4n) is 4.09. The molecule has 1 aliphatic heterocycles. The zero-order valence-electron chi connectivity index (χ0n) is 22.3. The molecule has 0 saturated carbocycles. The van der Waals surface area contributed by atoms with Crippen LogP contribution in [0.5, 0.6) is 11.5 Å². The smallest absolute Gasteiger partial charge is 0.433 e. The van der Waals surface area contributed by atoms with Gasteiger partial charge < -0.3 is 23.8 Å². The van der Waals surface area contributed by atoms with Crippen LogP contribution in [-0.2, 0) is 31.8 Å². The van der Waals surface area contributed by atoms with Crippen molar-refractivity contribution in [3.05, 3.63) is 82.1 Å². The highest BCUT2D eigenvalue weighted by atomic mass is 35.5. The lowest BCUT2D eigenvalue weighted by molar-refractivity contribution is -0.143. The van der Waals surface area contributed by atoms with E-state index in [9.17, 15) is 22.8 Å². The average Bonchev–Trinajstić information content (AvgIpc) is 3.04. The molecule has 1 atom stereocenters. The number of alkyl halides is 3. The van der Waals surface area contributed by atoms with Gasteiger partial charge in [-0.05, 0) is 43.3 Å². The molecule has 0 saturated heterocycles. The first-order valence-electron chi connectivity index (χ1n) is 12.1. The number of halogens is 4. The number of hydrogen-bond donors (Lipinski definition) is 0. The number of methoxy groups -OCH3 is 2. The standard InChI is InChI=1S/C24H20ClF3N2O4.C4H8O2/c1-32-16-7-5-14(20(11-16)33-2)12-30-19-8-6-15(25)10-18(19)22(34-13-21(30)31)17-4-3-9-29-23(17)24(26,27)28;1-3-6-4(2)5/h3-11,22H,12-13H2,1-2H3;3H2,1-2H3/t22-;/m1./s1. The number of carbonyl (C=O) groups excluding carboxylic acids is 2. The van der Waals surface area contributed by atoms with E-state index in [0.717, 1.165) is 6.20 Å². The number of esters is 1. The quantitative estimate of drug-likeness (QED) is 0.331. The summed E-state index contributed by atoms with van der Waals surface area (Å²) in [6.07, 6.45) is -4.84. The minimum atomic E-state index is -4.70. The van der Waals surface area contributed by atoms with Crippen LogP contribution < -0.4 is 14.4 Å². The van der Waals surface area contributed by atoms with Gasteiger partial charge in [-0.15, -0.1) is 0 Å². The summed E-state index contributed by atoms with van der Waals surface area (Å²) in [6, 6.07) is 12.5. The van der Waals surface area contributed by atoms with Gasteiger partial charge in [0.2, 0.25) is 0 Å². The SMILES string of the molecule is CCOC(C)=O.COc1ccc(CN2C(=O)CO[C@H](c3cccnc3C(F)(F)F)c3cc(Cl)ccc32)c(OC)c1. The van der Waals surface area contributed by atoms with Crippen LogP contribution in [0.15, 0.2) is 54.7 Å². The minimum Gasteiger partial charge on any atom is -0.497 e. The molecular formula is C28H28ClF3N2O6. The van der Waals surface area contributed by atoms with E-state index in [1.54, 1.807) is 37.3 Å². The summed E-state index contributed by atoms with van der Waals surface area (Å²) in [5.41, 5.74) is 0.100. The second-order valence-electron chi connectivity index (χ2n) is 8.42. The van der Waals surface area contributed by atoms with Gasteiger partial charge in [0.1, 0.15) is 24.2 Å². The van der Waals surface area contributed by atoms with E-state index in [1.165, 1.54) is 44.2 Å². The molecule has 4 rings (SSSR count). The fourth-order valence-corrected chi connectivity index (χ4v) is 4.27. The molecule has 12 heteroatoms. The molecule has 1 aromatic heterocycles. The molecule has 2 heterocycles. The molecule has 0 N–H and O–H groups in total. The number of fused-ring (bicyclic) bond motifs is 1. The molecule has 2 aromatic carbocycles. The molecule has 0 unspecified atom stereocenters.